The van der Waals surface area contributed by atoms with Crippen LogP contribution in [0.4, 0.5) is 0 Å². The van der Waals surface area contributed by atoms with Gasteiger partial charge in [-0.2, -0.15) is 0 Å². The van der Waals surface area contributed by atoms with E-state index in [2.05, 4.69) is 4.98 Å². The molecule has 0 bridgehead atoms. The normalized spacial score (nSPS) is 22.4. The maximum atomic E-state index is 11.7. The molecule has 2 heteroatoms. The van der Waals surface area contributed by atoms with Crippen molar-refractivity contribution < 1.29 is 4.79 Å². The lowest BCUT2D eigenvalue weighted by molar-refractivity contribution is -0.121. The third-order valence-corrected chi connectivity index (χ3v) is 2.82. The number of pyridine rings is 1. The standard InChI is InChI=1S/C12H15NO/c1-9-5-4-7-11(13-9)10-6-2-3-8-12(10)14/h4-5,7,10H,2-3,6,8H2,1H3. The number of carbonyl (C=O) groups is 1. The van der Waals surface area contributed by atoms with Crippen LogP contribution >= 0.6 is 0 Å². The highest BCUT2D eigenvalue weighted by molar-refractivity contribution is 5.85. The van der Waals surface area contributed by atoms with E-state index in [9.17, 15) is 4.79 Å². The molecule has 1 aliphatic rings. The molecule has 0 amide bonds. The van der Waals surface area contributed by atoms with Gasteiger partial charge in [-0.05, 0) is 31.9 Å². The van der Waals surface area contributed by atoms with Crippen molar-refractivity contribution >= 4 is 5.78 Å². The average molecular weight is 189 g/mol. The van der Waals surface area contributed by atoms with Crippen molar-refractivity contribution in [3.05, 3.63) is 29.6 Å². The molecule has 14 heavy (non-hydrogen) atoms. The van der Waals surface area contributed by atoms with Gasteiger partial charge >= 0.3 is 0 Å². The number of aryl methyl sites for hydroxylation is 1. The fraction of sp³-hybridized carbons (Fsp3) is 0.500. The Morgan fingerprint density at radius 2 is 2.21 bits per heavy atom. The predicted molar refractivity (Wildman–Crippen MR) is 55.2 cm³/mol. The van der Waals surface area contributed by atoms with Crippen LogP contribution in [0.2, 0.25) is 0 Å². The van der Waals surface area contributed by atoms with Crippen molar-refractivity contribution in [2.75, 3.05) is 0 Å². The van der Waals surface area contributed by atoms with Crippen LogP contribution in [0.5, 0.6) is 0 Å². The van der Waals surface area contributed by atoms with Crippen LogP contribution in [0, 0.1) is 6.92 Å². The number of nitrogens with zero attached hydrogens (tertiary/aromatic N) is 1. The van der Waals surface area contributed by atoms with Gasteiger partial charge < -0.3 is 0 Å². The molecule has 74 valence electrons. The third kappa shape index (κ3) is 1.84. The van der Waals surface area contributed by atoms with Crippen LogP contribution in [0.1, 0.15) is 43.0 Å². The fourth-order valence-corrected chi connectivity index (χ4v) is 2.05. The summed E-state index contributed by atoms with van der Waals surface area (Å²) in [6, 6.07) is 5.93. The summed E-state index contributed by atoms with van der Waals surface area (Å²) in [4.78, 5) is 16.1. The summed E-state index contributed by atoms with van der Waals surface area (Å²) >= 11 is 0. The molecule has 2 rings (SSSR count). The van der Waals surface area contributed by atoms with Gasteiger partial charge in [0, 0.05) is 12.1 Å². The summed E-state index contributed by atoms with van der Waals surface area (Å²) in [7, 11) is 0. The molecule has 0 aliphatic heterocycles. The quantitative estimate of drug-likeness (QED) is 0.679. The van der Waals surface area contributed by atoms with Crippen molar-refractivity contribution in [3.63, 3.8) is 0 Å². The molecule has 0 saturated heterocycles. The molecule has 0 radical (unpaired) electrons. The Bertz CT molecular complexity index is 346. The molecule has 1 aromatic rings. The average Bonchev–Trinajstić information content (AvgIpc) is 2.18. The molecule has 1 saturated carbocycles. The molecule has 0 N–H and O–H groups in total. The van der Waals surface area contributed by atoms with Gasteiger partial charge in [-0.25, -0.2) is 0 Å². The summed E-state index contributed by atoms with van der Waals surface area (Å²) in [5, 5.41) is 0. The summed E-state index contributed by atoms with van der Waals surface area (Å²) in [5.41, 5.74) is 1.97. The van der Waals surface area contributed by atoms with E-state index in [0.717, 1.165) is 37.1 Å². The molecular weight excluding hydrogens is 174 g/mol. The Labute approximate surface area is 84.4 Å². The zero-order valence-corrected chi connectivity index (χ0v) is 8.49. The maximum Gasteiger partial charge on any atom is 0.141 e. The zero-order valence-electron chi connectivity index (χ0n) is 8.49. The first-order chi connectivity index (χ1) is 6.77. The Morgan fingerprint density at radius 3 is 2.93 bits per heavy atom. The molecule has 0 aromatic carbocycles. The summed E-state index contributed by atoms with van der Waals surface area (Å²) in [5.74, 6) is 0.443. The largest absolute Gasteiger partial charge is 0.299 e. The van der Waals surface area contributed by atoms with Crippen molar-refractivity contribution in [1.29, 1.82) is 0 Å². The van der Waals surface area contributed by atoms with Crippen molar-refractivity contribution in [2.45, 2.75) is 38.5 Å². The highest BCUT2D eigenvalue weighted by Gasteiger charge is 2.24. The molecule has 1 atom stereocenters. The van der Waals surface area contributed by atoms with E-state index < -0.39 is 0 Å². The second-order valence-corrected chi connectivity index (χ2v) is 3.97. The van der Waals surface area contributed by atoms with E-state index in [1.165, 1.54) is 0 Å². The summed E-state index contributed by atoms with van der Waals surface area (Å²) in [6.45, 7) is 1.97. The van der Waals surface area contributed by atoms with Crippen molar-refractivity contribution in [3.8, 4) is 0 Å². The van der Waals surface area contributed by atoms with Gasteiger partial charge in [-0.15, -0.1) is 0 Å². The number of aromatic nitrogens is 1. The first kappa shape index (κ1) is 9.38. The Hall–Kier alpha value is -1.18. The zero-order chi connectivity index (χ0) is 9.97. The molecule has 1 aliphatic carbocycles. The Morgan fingerprint density at radius 1 is 1.36 bits per heavy atom. The number of rotatable bonds is 1. The summed E-state index contributed by atoms with van der Waals surface area (Å²) < 4.78 is 0. The van der Waals surface area contributed by atoms with Gasteiger partial charge in [0.25, 0.3) is 0 Å². The Kier molecular flexibility index (Phi) is 2.62. The number of carbonyl (C=O) groups excluding carboxylic acids is 1. The van der Waals surface area contributed by atoms with E-state index in [-0.39, 0.29) is 5.92 Å². The van der Waals surface area contributed by atoms with Crippen LogP contribution in [0.15, 0.2) is 18.2 Å². The number of hydrogen-bond donors (Lipinski definition) is 0. The monoisotopic (exact) mass is 189 g/mol. The lowest BCUT2D eigenvalue weighted by Crippen LogP contribution is -2.18. The fourth-order valence-electron chi connectivity index (χ4n) is 2.05. The molecule has 2 nitrogen and oxygen atoms in total. The van der Waals surface area contributed by atoms with Crippen molar-refractivity contribution in [1.82, 2.24) is 4.98 Å². The van der Waals surface area contributed by atoms with E-state index in [0.29, 0.717) is 5.78 Å². The molecule has 0 spiro atoms. The molecular formula is C12H15NO. The van der Waals surface area contributed by atoms with Crippen molar-refractivity contribution in [2.24, 2.45) is 0 Å². The summed E-state index contributed by atoms with van der Waals surface area (Å²) in [6.07, 6.45) is 3.93. The van der Waals surface area contributed by atoms with Crippen LogP contribution in [-0.4, -0.2) is 10.8 Å². The maximum absolute atomic E-state index is 11.7. The van der Waals surface area contributed by atoms with Crippen LogP contribution in [0.25, 0.3) is 0 Å². The van der Waals surface area contributed by atoms with Gasteiger partial charge in [-0.1, -0.05) is 12.5 Å². The highest BCUT2D eigenvalue weighted by atomic mass is 16.1. The SMILES string of the molecule is Cc1cccc(C2CCCCC2=O)n1. The van der Waals surface area contributed by atoms with Crippen LogP contribution in [0.3, 0.4) is 0 Å². The molecule has 1 aromatic heterocycles. The van der Waals surface area contributed by atoms with E-state index >= 15 is 0 Å². The number of Topliss-reactive ketones (excluding diaryl/α,β-unsaturated/α-hetero) is 1. The van der Waals surface area contributed by atoms with Gasteiger partial charge in [0.2, 0.25) is 0 Å². The van der Waals surface area contributed by atoms with Crippen LogP contribution in [-0.2, 0) is 4.79 Å². The lowest BCUT2D eigenvalue weighted by atomic mass is 9.85. The van der Waals surface area contributed by atoms with Gasteiger partial charge in [0.1, 0.15) is 5.78 Å². The van der Waals surface area contributed by atoms with Gasteiger partial charge in [-0.3, -0.25) is 9.78 Å². The predicted octanol–water partition coefficient (Wildman–Crippen LogP) is 2.62. The molecule has 1 heterocycles. The smallest absolute Gasteiger partial charge is 0.141 e. The second-order valence-electron chi connectivity index (χ2n) is 3.97. The molecule has 1 unspecified atom stereocenters. The van der Waals surface area contributed by atoms with Gasteiger partial charge in [0.15, 0.2) is 0 Å². The first-order valence-corrected chi connectivity index (χ1v) is 5.23. The third-order valence-electron chi connectivity index (χ3n) is 2.82. The lowest BCUT2D eigenvalue weighted by Gasteiger charge is -2.19. The van der Waals surface area contributed by atoms with E-state index in [1.807, 2.05) is 25.1 Å². The minimum absolute atomic E-state index is 0.0728. The first-order valence-electron chi connectivity index (χ1n) is 5.23. The minimum Gasteiger partial charge on any atom is -0.299 e. The van der Waals surface area contributed by atoms with E-state index in [4.69, 9.17) is 0 Å². The Balaban J connectivity index is 2.24. The minimum atomic E-state index is 0.0728. The second kappa shape index (κ2) is 3.91. The molecule has 1 fully saturated rings. The highest BCUT2D eigenvalue weighted by Crippen LogP contribution is 2.28. The van der Waals surface area contributed by atoms with E-state index in [1.54, 1.807) is 0 Å². The topological polar surface area (TPSA) is 30.0 Å². The van der Waals surface area contributed by atoms with Gasteiger partial charge in [0.05, 0.1) is 11.6 Å². The van der Waals surface area contributed by atoms with Crippen LogP contribution < -0.4 is 0 Å². The number of ketones is 1. The number of hydrogen-bond acceptors (Lipinski definition) is 2.